The van der Waals surface area contributed by atoms with E-state index in [9.17, 15) is 18.0 Å². The van der Waals surface area contributed by atoms with Crippen LogP contribution < -0.4 is 9.64 Å². The number of carbonyl (C=O) groups is 2. The van der Waals surface area contributed by atoms with Crippen molar-refractivity contribution >= 4 is 38.6 Å². The van der Waals surface area contributed by atoms with Crippen LogP contribution in [0.15, 0.2) is 47.4 Å². The monoisotopic (exact) mass is 622 g/mol. The highest BCUT2D eigenvalue weighted by molar-refractivity contribution is 7.89. The first kappa shape index (κ1) is 30.0. The predicted molar refractivity (Wildman–Crippen MR) is 167 cm³/mol. The number of ether oxygens (including phenoxy) is 2. The Morgan fingerprint density at radius 1 is 0.884 bits per heavy atom. The third kappa shape index (κ3) is 6.29. The number of nitrogens with zero attached hydrogens (tertiary/aromatic N) is 2. The molecule has 8 nitrogen and oxygen atoms in total. The lowest BCUT2D eigenvalue weighted by molar-refractivity contribution is 0.0730. The molecule has 0 N–H and O–H groups in total. The molecule has 0 atom stereocenters. The molecule has 2 aromatic carbocycles. The van der Waals surface area contributed by atoms with Gasteiger partial charge < -0.3 is 14.4 Å². The second-order valence-corrected chi connectivity index (χ2v) is 14.6. The Morgan fingerprint density at radius 2 is 1.60 bits per heavy atom. The topological polar surface area (TPSA) is 93.2 Å². The molecule has 0 spiro atoms. The van der Waals surface area contributed by atoms with Gasteiger partial charge in [0.1, 0.15) is 5.75 Å². The summed E-state index contributed by atoms with van der Waals surface area (Å²) >= 11 is 1.58. The maximum absolute atomic E-state index is 14.2. The van der Waals surface area contributed by atoms with Crippen LogP contribution in [0.1, 0.15) is 67.3 Å². The number of ketones is 2. The third-order valence-corrected chi connectivity index (χ3v) is 11.9. The zero-order chi connectivity index (χ0) is 30.0. The van der Waals surface area contributed by atoms with Gasteiger partial charge >= 0.3 is 0 Å². The summed E-state index contributed by atoms with van der Waals surface area (Å²) < 4.78 is 39.1. The fourth-order valence-corrected chi connectivity index (χ4v) is 9.25. The molecule has 43 heavy (non-hydrogen) atoms. The number of fused-ring (bicyclic) bond motifs is 1. The maximum Gasteiger partial charge on any atom is 0.243 e. The molecule has 2 saturated heterocycles. The molecular weight excluding hydrogens is 585 g/mol. The van der Waals surface area contributed by atoms with E-state index in [2.05, 4.69) is 4.90 Å². The van der Waals surface area contributed by atoms with Gasteiger partial charge in [-0.1, -0.05) is 12.1 Å². The van der Waals surface area contributed by atoms with E-state index in [1.54, 1.807) is 36.6 Å². The van der Waals surface area contributed by atoms with Gasteiger partial charge in [-0.15, -0.1) is 11.3 Å². The normalized spacial score (nSPS) is 17.6. The molecule has 6 rings (SSSR count). The van der Waals surface area contributed by atoms with E-state index in [1.165, 1.54) is 9.18 Å². The lowest BCUT2D eigenvalue weighted by atomic mass is 9.90. The number of thiophene rings is 1. The summed E-state index contributed by atoms with van der Waals surface area (Å²) in [7, 11) is -2.16. The fourth-order valence-electron chi connectivity index (χ4n) is 6.40. The van der Waals surface area contributed by atoms with Gasteiger partial charge in [0, 0.05) is 65.6 Å². The highest BCUT2D eigenvalue weighted by Crippen LogP contribution is 2.37. The van der Waals surface area contributed by atoms with Crippen molar-refractivity contribution in [2.24, 2.45) is 0 Å². The number of Topliss-reactive ketones (excluding diaryl/α,β-unsaturated/α-hetero) is 2. The molecule has 0 radical (unpaired) electrons. The third-order valence-electron chi connectivity index (χ3n) is 8.69. The average molecular weight is 623 g/mol. The smallest absolute Gasteiger partial charge is 0.243 e. The Hall–Kier alpha value is -3.05. The van der Waals surface area contributed by atoms with Crippen molar-refractivity contribution in [2.45, 2.75) is 56.3 Å². The summed E-state index contributed by atoms with van der Waals surface area (Å²) in [4.78, 5) is 32.3. The number of morpholine rings is 1. The molecule has 1 aliphatic carbocycles. The van der Waals surface area contributed by atoms with E-state index in [1.807, 2.05) is 24.3 Å². The number of carbonyl (C=O) groups excluding carboxylic acids is 2. The molecule has 0 amide bonds. The van der Waals surface area contributed by atoms with E-state index < -0.39 is 10.0 Å². The van der Waals surface area contributed by atoms with Gasteiger partial charge in [0.15, 0.2) is 11.6 Å². The predicted octanol–water partition coefficient (Wildman–Crippen LogP) is 5.11. The number of benzene rings is 2. The molecule has 3 heterocycles. The average Bonchev–Trinajstić information content (AvgIpc) is 3.70. The zero-order valence-electron chi connectivity index (χ0n) is 24.6. The first-order chi connectivity index (χ1) is 20.8. The number of aryl methyl sites for hydroxylation is 1. The summed E-state index contributed by atoms with van der Waals surface area (Å²) in [5, 5.41) is 0. The van der Waals surface area contributed by atoms with Crippen LogP contribution in [-0.2, 0) is 40.4 Å². The molecule has 0 unspecified atom stereocenters. The summed E-state index contributed by atoms with van der Waals surface area (Å²) in [6.45, 7) is 2.95. The van der Waals surface area contributed by atoms with Crippen LogP contribution in [0.4, 0.5) is 5.69 Å². The van der Waals surface area contributed by atoms with Crippen LogP contribution in [0.5, 0.6) is 5.75 Å². The minimum Gasteiger partial charge on any atom is -0.497 e. The molecule has 0 bridgehead atoms. The van der Waals surface area contributed by atoms with Gasteiger partial charge in [0.2, 0.25) is 10.0 Å². The van der Waals surface area contributed by atoms with Gasteiger partial charge in [0.05, 0.1) is 25.2 Å². The molecule has 2 aliphatic heterocycles. The lowest BCUT2D eigenvalue weighted by Gasteiger charge is -2.27. The molecule has 0 saturated carbocycles. The number of hydrogen-bond donors (Lipinski definition) is 0. The molecule has 10 heteroatoms. The SMILES string of the molecule is COc1ccc(CC(=O)c2c(CC(=O)c3cc(S(=O)(=O)N4CCOCC4)ccc3N3CCCC3)sc3c2CCCC3)cc1. The second-order valence-electron chi connectivity index (χ2n) is 11.4. The minimum absolute atomic E-state index is 0.0239. The first-order valence-corrected chi connectivity index (χ1v) is 17.4. The summed E-state index contributed by atoms with van der Waals surface area (Å²) in [6.07, 6.45) is 6.25. The highest BCUT2D eigenvalue weighted by atomic mass is 32.2. The number of methoxy groups -OCH3 is 1. The van der Waals surface area contributed by atoms with Gasteiger partial charge in [-0.05, 0) is 80.0 Å². The molecule has 3 aliphatic rings. The summed E-state index contributed by atoms with van der Waals surface area (Å²) in [5.74, 6) is 0.607. The van der Waals surface area contributed by atoms with Crippen LogP contribution in [-0.4, -0.2) is 70.8 Å². The van der Waals surface area contributed by atoms with Crippen LogP contribution in [0, 0.1) is 0 Å². The molecule has 228 valence electrons. The van der Waals surface area contributed by atoms with Crippen LogP contribution in [0.3, 0.4) is 0 Å². The van der Waals surface area contributed by atoms with E-state index in [0.29, 0.717) is 37.4 Å². The van der Waals surface area contributed by atoms with Crippen molar-refractivity contribution < 1.29 is 27.5 Å². The summed E-state index contributed by atoms with van der Waals surface area (Å²) in [6, 6.07) is 12.5. The van der Waals surface area contributed by atoms with Crippen LogP contribution >= 0.6 is 11.3 Å². The standard InChI is InChI=1S/C33H38N2O6S2/c1-40-24-10-8-23(9-11-24)20-30(37)33-26-6-2-3-7-31(26)42-32(33)22-29(36)27-21-25(12-13-28(27)34-14-4-5-15-34)43(38,39)35-16-18-41-19-17-35/h8-13,21H,2-7,14-20,22H2,1H3. The summed E-state index contributed by atoms with van der Waals surface area (Å²) in [5.41, 5.74) is 3.88. The Labute approximate surface area is 257 Å². The number of rotatable bonds is 10. The largest absolute Gasteiger partial charge is 0.497 e. The molecular formula is C33H38N2O6S2. The Morgan fingerprint density at radius 3 is 2.33 bits per heavy atom. The van der Waals surface area contributed by atoms with Gasteiger partial charge in [0.25, 0.3) is 0 Å². The quantitative estimate of drug-likeness (QED) is 0.290. The molecule has 2 fully saturated rings. The molecule has 3 aromatic rings. The van der Waals surface area contributed by atoms with Crippen LogP contribution in [0.25, 0.3) is 0 Å². The van der Waals surface area contributed by atoms with E-state index in [0.717, 1.165) is 79.1 Å². The van der Waals surface area contributed by atoms with E-state index in [-0.39, 0.29) is 29.3 Å². The number of sulfonamides is 1. The van der Waals surface area contributed by atoms with Crippen molar-refractivity contribution in [2.75, 3.05) is 51.4 Å². The lowest BCUT2D eigenvalue weighted by Crippen LogP contribution is -2.40. The van der Waals surface area contributed by atoms with Crippen LogP contribution in [0.2, 0.25) is 0 Å². The Kier molecular flexibility index (Phi) is 9.00. The van der Waals surface area contributed by atoms with E-state index in [4.69, 9.17) is 9.47 Å². The zero-order valence-corrected chi connectivity index (χ0v) is 26.2. The van der Waals surface area contributed by atoms with Crippen molar-refractivity contribution in [3.05, 3.63) is 74.5 Å². The van der Waals surface area contributed by atoms with Crippen molar-refractivity contribution in [1.29, 1.82) is 0 Å². The molecule has 1 aromatic heterocycles. The maximum atomic E-state index is 14.2. The minimum atomic E-state index is -3.77. The fraction of sp³-hybridized carbons (Fsp3) is 0.455. The number of hydrogen-bond acceptors (Lipinski definition) is 8. The van der Waals surface area contributed by atoms with Gasteiger partial charge in [-0.3, -0.25) is 9.59 Å². The Balaban J connectivity index is 1.34. The van der Waals surface area contributed by atoms with Gasteiger partial charge in [-0.2, -0.15) is 4.31 Å². The highest BCUT2D eigenvalue weighted by Gasteiger charge is 2.31. The van der Waals surface area contributed by atoms with Crippen molar-refractivity contribution in [3.63, 3.8) is 0 Å². The van der Waals surface area contributed by atoms with Crippen molar-refractivity contribution in [3.8, 4) is 5.75 Å². The van der Waals surface area contributed by atoms with E-state index >= 15 is 0 Å². The van der Waals surface area contributed by atoms with Crippen molar-refractivity contribution in [1.82, 2.24) is 4.31 Å². The second kappa shape index (κ2) is 12.9. The number of anilines is 1. The van der Waals surface area contributed by atoms with Gasteiger partial charge in [-0.25, -0.2) is 8.42 Å². The first-order valence-electron chi connectivity index (χ1n) is 15.1. The Bertz CT molecular complexity index is 1600.